The number of benzene rings is 2. The number of ether oxygens (including phenoxy) is 6. The molecule has 0 unspecified atom stereocenters. The van der Waals surface area contributed by atoms with E-state index in [1.165, 1.54) is 28.4 Å². The van der Waals surface area contributed by atoms with E-state index in [9.17, 15) is 9.59 Å². The van der Waals surface area contributed by atoms with Gasteiger partial charge < -0.3 is 33.7 Å². The number of carbonyl (C=O) groups excluding carboxylic acids is 2. The molecule has 0 bridgehead atoms. The van der Waals surface area contributed by atoms with Gasteiger partial charge in [0.15, 0.2) is 17.3 Å². The summed E-state index contributed by atoms with van der Waals surface area (Å²) in [5.74, 6) is 0.642. The van der Waals surface area contributed by atoms with E-state index in [1.807, 2.05) is 31.2 Å². The number of rotatable bonds is 10. The Kier molecular flexibility index (Phi) is 8.81. The Morgan fingerprint density at radius 1 is 0.897 bits per heavy atom. The molecule has 2 aromatic carbocycles. The molecule has 1 aliphatic carbocycles. The third kappa shape index (κ3) is 5.45. The van der Waals surface area contributed by atoms with Crippen molar-refractivity contribution in [1.82, 2.24) is 5.32 Å². The van der Waals surface area contributed by atoms with Crippen molar-refractivity contribution in [3.05, 3.63) is 70.1 Å². The highest BCUT2D eigenvalue weighted by Gasteiger charge is 2.42. The van der Waals surface area contributed by atoms with Crippen LogP contribution in [-0.4, -0.2) is 60.5 Å². The summed E-state index contributed by atoms with van der Waals surface area (Å²) in [5, 5.41) is 3.37. The number of methoxy groups -OCH3 is 5. The Hall–Kier alpha value is -3.98. The molecule has 0 saturated heterocycles. The highest BCUT2D eigenvalue weighted by atomic mass is 16.6. The Labute approximate surface area is 228 Å². The van der Waals surface area contributed by atoms with Crippen molar-refractivity contribution in [2.75, 3.05) is 48.8 Å². The largest absolute Gasteiger partial charge is 0.496 e. The number of hydrogen-bond donors (Lipinski definition) is 1. The molecule has 9 nitrogen and oxygen atoms in total. The molecule has 39 heavy (non-hydrogen) atoms. The number of hydrogen-bond acceptors (Lipinski definition) is 9. The van der Waals surface area contributed by atoms with Gasteiger partial charge in [-0.1, -0.05) is 18.2 Å². The SMILES string of the molecule is COCCOC(=O)C1=C(C)NC2=C(C(=O)C[C@@H](c3ccccc3OC)C2)[C@H]1c1cc(OC)c(OC)c(OC)c1. The van der Waals surface area contributed by atoms with Crippen LogP contribution in [0.2, 0.25) is 0 Å². The summed E-state index contributed by atoms with van der Waals surface area (Å²) in [6.45, 7) is 2.16. The molecule has 0 spiro atoms. The first-order valence-electron chi connectivity index (χ1n) is 12.7. The lowest BCUT2D eigenvalue weighted by molar-refractivity contribution is -0.140. The van der Waals surface area contributed by atoms with E-state index >= 15 is 0 Å². The average Bonchev–Trinajstić information content (AvgIpc) is 2.95. The molecule has 4 rings (SSSR count). The minimum absolute atomic E-state index is 0.0619. The topological polar surface area (TPSA) is 102 Å². The molecule has 0 amide bonds. The van der Waals surface area contributed by atoms with Crippen molar-refractivity contribution in [2.24, 2.45) is 0 Å². The molecule has 2 aliphatic rings. The lowest BCUT2D eigenvalue weighted by Crippen LogP contribution is -2.36. The van der Waals surface area contributed by atoms with Gasteiger partial charge in [0.1, 0.15) is 12.4 Å². The van der Waals surface area contributed by atoms with E-state index in [0.29, 0.717) is 46.1 Å². The van der Waals surface area contributed by atoms with Crippen LogP contribution in [-0.2, 0) is 19.1 Å². The van der Waals surface area contributed by atoms with Crippen molar-refractivity contribution in [3.63, 3.8) is 0 Å². The molecular formula is C30H35NO8. The lowest BCUT2D eigenvalue weighted by Gasteiger charge is -2.37. The van der Waals surface area contributed by atoms with Gasteiger partial charge in [-0.15, -0.1) is 0 Å². The number of ketones is 1. The van der Waals surface area contributed by atoms with Crippen molar-refractivity contribution in [2.45, 2.75) is 31.6 Å². The van der Waals surface area contributed by atoms with Gasteiger partial charge in [0.05, 0.1) is 40.6 Å². The fourth-order valence-corrected chi connectivity index (χ4v) is 5.43. The molecule has 1 heterocycles. The van der Waals surface area contributed by atoms with Crippen molar-refractivity contribution >= 4 is 11.8 Å². The third-order valence-electron chi connectivity index (χ3n) is 7.17. The Morgan fingerprint density at radius 2 is 1.56 bits per heavy atom. The van der Waals surface area contributed by atoms with Crippen LogP contribution in [0.5, 0.6) is 23.0 Å². The van der Waals surface area contributed by atoms with E-state index in [-0.39, 0.29) is 31.3 Å². The maximum atomic E-state index is 13.9. The van der Waals surface area contributed by atoms with E-state index in [0.717, 1.165) is 17.0 Å². The minimum Gasteiger partial charge on any atom is -0.496 e. The van der Waals surface area contributed by atoms with Crippen molar-refractivity contribution in [1.29, 1.82) is 0 Å². The number of dihydropyridines is 1. The van der Waals surface area contributed by atoms with E-state index in [2.05, 4.69) is 5.32 Å². The van der Waals surface area contributed by atoms with Crippen LogP contribution in [0.15, 0.2) is 58.9 Å². The van der Waals surface area contributed by atoms with Gasteiger partial charge in [-0.2, -0.15) is 0 Å². The summed E-state index contributed by atoms with van der Waals surface area (Å²) in [6, 6.07) is 11.3. The smallest absolute Gasteiger partial charge is 0.336 e. The molecule has 2 atom stereocenters. The molecule has 9 heteroatoms. The Balaban J connectivity index is 1.85. The zero-order valence-electron chi connectivity index (χ0n) is 23.2. The van der Waals surface area contributed by atoms with Gasteiger partial charge in [-0.3, -0.25) is 4.79 Å². The van der Waals surface area contributed by atoms with E-state index < -0.39 is 11.9 Å². The van der Waals surface area contributed by atoms with Gasteiger partial charge in [0.25, 0.3) is 0 Å². The van der Waals surface area contributed by atoms with Crippen LogP contribution in [0.4, 0.5) is 0 Å². The summed E-state index contributed by atoms with van der Waals surface area (Å²) < 4.78 is 32.9. The summed E-state index contributed by atoms with van der Waals surface area (Å²) >= 11 is 0. The average molecular weight is 538 g/mol. The standard InChI is InChI=1S/C30H35NO8/c1-17-26(30(33)39-12-11-34-2)27(19-15-24(36-4)29(38-6)25(16-19)37-5)28-21(31-17)13-18(14-22(28)32)20-9-7-8-10-23(20)35-3/h7-10,15-16,18,27,31H,11-14H2,1-6H3/t18-,27-/m0/s1. The molecule has 208 valence electrons. The summed E-state index contributed by atoms with van der Waals surface area (Å²) in [5.41, 5.74) is 3.89. The Bertz CT molecular complexity index is 1290. The van der Waals surface area contributed by atoms with E-state index in [1.54, 1.807) is 19.2 Å². The maximum absolute atomic E-state index is 13.9. The molecule has 1 N–H and O–H groups in total. The van der Waals surface area contributed by atoms with Crippen LogP contribution in [0.25, 0.3) is 0 Å². The summed E-state index contributed by atoms with van der Waals surface area (Å²) in [6.07, 6.45) is 0.846. The quantitative estimate of drug-likeness (QED) is 0.352. The number of Topliss-reactive ketones (excluding diaryl/α,β-unsaturated/α-hetero) is 1. The zero-order chi connectivity index (χ0) is 28.1. The summed E-state index contributed by atoms with van der Waals surface area (Å²) in [4.78, 5) is 27.4. The molecule has 2 aromatic rings. The molecule has 1 aliphatic heterocycles. The second kappa shape index (κ2) is 12.3. The van der Waals surface area contributed by atoms with Gasteiger partial charge >= 0.3 is 5.97 Å². The van der Waals surface area contributed by atoms with Crippen LogP contribution in [0, 0.1) is 0 Å². The number of nitrogens with one attached hydrogen (secondary N) is 1. The molecule has 0 fully saturated rings. The minimum atomic E-state index is -0.698. The van der Waals surface area contributed by atoms with Gasteiger partial charge in [0.2, 0.25) is 5.75 Å². The highest BCUT2D eigenvalue weighted by molar-refractivity contribution is 6.04. The predicted molar refractivity (Wildman–Crippen MR) is 145 cm³/mol. The van der Waals surface area contributed by atoms with Crippen molar-refractivity contribution in [3.8, 4) is 23.0 Å². The van der Waals surface area contributed by atoms with Crippen LogP contribution >= 0.6 is 0 Å². The molecule has 0 saturated carbocycles. The summed E-state index contributed by atoms with van der Waals surface area (Å²) in [7, 11) is 7.74. The first-order valence-corrected chi connectivity index (χ1v) is 12.7. The zero-order valence-corrected chi connectivity index (χ0v) is 23.2. The number of allylic oxidation sites excluding steroid dienone is 3. The molecule has 0 radical (unpaired) electrons. The van der Waals surface area contributed by atoms with Crippen LogP contribution in [0.1, 0.15) is 42.7 Å². The second-order valence-electron chi connectivity index (χ2n) is 9.35. The fourth-order valence-electron chi connectivity index (χ4n) is 5.43. The number of esters is 1. The normalized spacial score (nSPS) is 18.8. The third-order valence-corrected chi connectivity index (χ3v) is 7.17. The molecular weight excluding hydrogens is 502 g/mol. The van der Waals surface area contributed by atoms with Gasteiger partial charge in [0, 0.05) is 42.3 Å². The van der Waals surface area contributed by atoms with Gasteiger partial charge in [-0.25, -0.2) is 4.79 Å². The monoisotopic (exact) mass is 537 g/mol. The highest BCUT2D eigenvalue weighted by Crippen LogP contribution is 2.49. The Morgan fingerprint density at radius 3 is 2.18 bits per heavy atom. The van der Waals surface area contributed by atoms with E-state index in [4.69, 9.17) is 28.4 Å². The van der Waals surface area contributed by atoms with Crippen LogP contribution in [0.3, 0.4) is 0 Å². The number of carbonyl (C=O) groups is 2. The van der Waals surface area contributed by atoms with Gasteiger partial charge in [-0.05, 0) is 42.7 Å². The van der Waals surface area contributed by atoms with Crippen molar-refractivity contribution < 1.29 is 38.0 Å². The molecule has 0 aromatic heterocycles. The fraction of sp³-hybridized carbons (Fsp3) is 0.400. The first kappa shape index (κ1) is 28.0. The number of para-hydroxylation sites is 1. The maximum Gasteiger partial charge on any atom is 0.336 e. The van der Waals surface area contributed by atoms with Crippen LogP contribution < -0.4 is 24.3 Å². The lowest BCUT2D eigenvalue weighted by atomic mass is 9.71. The predicted octanol–water partition coefficient (Wildman–Crippen LogP) is 4.27. The second-order valence-corrected chi connectivity index (χ2v) is 9.35. The first-order chi connectivity index (χ1) is 18.9.